The maximum absolute atomic E-state index is 13.1. The van der Waals surface area contributed by atoms with Gasteiger partial charge in [-0.25, -0.2) is 14.8 Å². The molecule has 0 aromatic carbocycles. The summed E-state index contributed by atoms with van der Waals surface area (Å²) in [6, 6.07) is 1.79. The summed E-state index contributed by atoms with van der Waals surface area (Å²) in [6.07, 6.45) is 5.44. The lowest BCUT2D eigenvalue weighted by Gasteiger charge is -2.25. The molecule has 0 saturated carbocycles. The third-order valence-corrected chi connectivity index (χ3v) is 5.11. The highest BCUT2D eigenvalue weighted by atomic mass is 16.6. The van der Waals surface area contributed by atoms with Gasteiger partial charge in [0.2, 0.25) is 5.78 Å². The minimum absolute atomic E-state index is 0.0484. The molecule has 4 rings (SSSR count). The molecule has 25 heavy (non-hydrogen) atoms. The van der Waals surface area contributed by atoms with Crippen molar-refractivity contribution in [1.82, 2.24) is 24.2 Å². The van der Waals surface area contributed by atoms with Gasteiger partial charge < -0.3 is 14.5 Å². The zero-order valence-electron chi connectivity index (χ0n) is 14.4. The summed E-state index contributed by atoms with van der Waals surface area (Å²) in [5.41, 5.74) is 0.769. The Kier molecular flexibility index (Phi) is 3.63. The van der Waals surface area contributed by atoms with Crippen molar-refractivity contribution in [1.29, 1.82) is 0 Å². The van der Waals surface area contributed by atoms with E-state index in [1.807, 2.05) is 18.0 Å². The molecule has 2 aromatic heterocycles. The third kappa shape index (κ3) is 2.61. The van der Waals surface area contributed by atoms with Crippen molar-refractivity contribution in [2.75, 3.05) is 26.7 Å². The average Bonchev–Trinajstić information content (AvgIpc) is 2.96. The topological polar surface area (TPSA) is 80.0 Å². The number of rotatable bonds is 1. The molecule has 1 spiro atoms. The predicted molar refractivity (Wildman–Crippen MR) is 89.3 cm³/mol. The van der Waals surface area contributed by atoms with E-state index in [2.05, 4.69) is 9.97 Å². The number of hydrogen-bond donors (Lipinski definition) is 0. The van der Waals surface area contributed by atoms with Crippen molar-refractivity contribution in [3.8, 4) is 0 Å². The molecule has 2 aromatic rings. The van der Waals surface area contributed by atoms with Crippen molar-refractivity contribution >= 4 is 17.8 Å². The first-order valence-corrected chi connectivity index (χ1v) is 8.52. The highest BCUT2D eigenvalue weighted by Crippen LogP contribution is 2.33. The quantitative estimate of drug-likeness (QED) is 0.784. The van der Waals surface area contributed by atoms with Crippen molar-refractivity contribution in [3.63, 3.8) is 0 Å². The van der Waals surface area contributed by atoms with Gasteiger partial charge in [-0.2, -0.15) is 0 Å². The SMILES string of the molecule is Cc1nc2ncccn2c1C(=O)N1CCC[C@]2(CC1)CN(C)C(=O)O2. The number of nitrogens with zero attached hydrogens (tertiary/aromatic N) is 5. The Morgan fingerprint density at radius 1 is 1.32 bits per heavy atom. The van der Waals surface area contributed by atoms with Crippen LogP contribution in [0.1, 0.15) is 35.4 Å². The van der Waals surface area contributed by atoms with Gasteiger partial charge in [0, 0.05) is 39.0 Å². The molecule has 0 unspecified atom stereocenters. The van der Waals surface area contributed by atoms with Crippen LogP contribution in [0.2, 0.25) is 0 Å². The number of amides is 2. The first-order valence-electron chi connectivity index (χ1n) is 8.52. The summed E-state index contributed by atoms with van der Waals surface area (Å²) in [4.78, 5) is 36.9. The zero-order valence-corrected chi connectivity index (χ0v) is 14.4. The fourth-order valence-electron chi connectivity index (χ4n) is 3.83. The van der Waals surface area contributed by atoms with Crippen molar-refractivity contribution in [2.45, 2.75) is 31.8 Å². The largest absolute Gasteiger partial charge is 0.441 e. The maximum atomic E-state index is 13.1. The molecule has 8 heteroatoms. The number of aryl methyl sites for hydroxylation is 1. The lowest BCUT2D eigenvalue weighted by Crippen LogP contribution is -2.37. The molecule has 2 aliphatic rings. The lowest BCUT2D eigenvalue weighted by atomic mass is 9.95. The predicted octanol–water partition coefficient (Wildman–Crippen LogP) is 1.48. The Morgan fingerprint density at radius 3 is 2.92 bits per heavy atom. The van der Waals surface area contributed by atoms with Crippen LogP contribution in [0, 0.1) is 6.92 Å². The van der Waals surface area contributed by atoms with E-state index in [1.165, 1.54) is 0 Å². The molecule has 0 bridgehead atoms. The van der Waals surface area contributed by atoms with Crippen LogP contribution in [0.25, 0.3) is 5.78 Å². The van der Waals surface area contributed by atoms with Crippen molar-refractivity contribution < 1.29 is 14.3 Å². The normalized spacial score (nSPS) is 24.0. The summed E-state index contributed by atoms with van der Waals surface area (Å²) in [5.74, 6) is 0.480. The Morgan fingerprint density at radius 2 is 2.16 bits per heavy atom. The van der Waals surface area contributed by atoms with E-state index in [0.29, 0.717) is 43.2 Å². The van der Waals surface area contributed by atoms with Gasteiger partial charge in [0.15, 0.2) is 0 Å². The Bertz CT molecular complexity index is 848. The van der Waals surface area contributed by atoms with E-state index in [-0.39, 0.29) is 12.0 Å². The number of fused-ring (bicyclic) bond motifs is 1. The highest BCUT2D eigenvalue weighted by Gasteiger charge is 2.45. The zero-order chi connectivity index (χ0) is 17.6. The fourth-order valence-corrected chi connectivity index (χ4v) is 3.83. The second-order valence-corrected chi connectivity index (χ2v) is 6.89. The summed E-state index contributed by atoms with van der Waals surface area (Å²) in [7, 11) is 1.75. The molecule has 132 valence electrons. The van der Waals surface area contributed by atoms with Crippen molar-refractivity contribution in [2.24, 2.45) is 0 Å². The van der Waals surface area contributed by atoms with Gasteiger partial charge in [-0.15, -0.1) is 0 Å². The van der Waals surface area contributed by atoms with Crippen LogP contribution in [0.4, 0.5) is 4.79 Å². The molecule has 2 saturated heterocycles. The van der Waals surface area contributed by atoms with E-state index >= 15 is 0 Å². The summed E-state index contributed by atoms with van der Waals surface area (Å²) in [6.45, 7) is 3.63. The summed E-state index contributed by atoms with van der Waals surface area (Å²) < 4.78 is 7.35. The molecular weight excluding hydrogens is 322 g/mol. The molecular formula is C17H21N5O3. The van der Waals surface area contributed by atoms with Crippen LogP contribution in [0.3, 0.4) is 0 Å². The monoisotopic (exact) mass is 343 g/mol. The summed E-state index contributed by atoms with van der Waals surface area (Å²) in [5, 5.41) is 0. The van der Waals surface area contributed by atoms with Crippen molar-refractivity contribution in [3.05, 3.63) is 29.8 Å². The van der Waals surface area contributed by atoms with Crippen LogP contribution in [0.15, 0.2) is 18.5 Å². The average molecular weight is 343 g/mol. The molecule has 4 heterocycles. The number of hydrogen-bond acceptors (Lipinski definition) is 5. The van der Waals surface area contributed by atoms with Gasteiger partial charge in [-0.3, -0.25) is 9.20 Å². The molecule has 2 aliphatic heterocycles. The van der Waals surface area contributed by atoms with E-state index in [4.69, 9.17) is 4.74 Å². The van der Waals surface area contributed by atoms with E-state index < -0.39 is 5.60 Å². The first-order chi connectivity index (χ1) is 12.0. The maximum Gasteiger partial charge on any atom is 0.410 e. The molecule has 0 N–H and O–H groups in total. The number of ether oxygens (including phenoxy) is 1. The summed E-state index contributed by atoms with van der Waals surface area (Å²) >= 11 is 0. The van der Waals surface area contributed by atoms with E-state index in [9.17, 15) is 9.59 Å². The van der Waals surface area contributed by atoms with Crippen LogP contribution < -0.4 is 0 Å². The second-order valence-electron chi connectivity index (χ2n) is 6.89. The molecule has 1 atom stereocenters. The number of likely N-dealkylation sites (tertiary alicyclic amines) is 1. The van der Waals surface area contributed by atoms with Crippen LogP contribution in [-0.2, 0) is 4.74 Å². The van der Waals surface area contributed by atoms with E-state index in [0.717, 1.165) is 12.8 Å². The molecule has 8 nitrogen and oxygen atoms in total. The molecule has 0 aliphatic carbocycles. The number of likely N-dealkylation sites (N-methyl/N-ethyl adjacent to an activating group) is 1. The number of aromatic nitrogens is 3. The lowest BCUT2D eigenvalue weighted by molar-refractivity contribution is 0.0438. The number of imidazole rings is 1. The number of carbonyl (C=O) groups excluding carboxylic acids is 2. The van der Waals surface area contributed by atoms with Gasteiger partial charge in [0.25, 0.3) is 5.91 Å². The van der Waals surface area contributed by atoms with Crippen LogP contribution in [0.5, 0.6) is 0 Å². The standard InChI is InChI=1S/C17H21N5O3/c1-12-13(22-9-4-7-18-15(22)19-12)14(23)21-8-3-5-17(6-10-21)11-20(2)16(24)25-17/h4,7,9H,3,5-6,8,10-11H2,1-2H3/t17-/m0/s1. The molecule has 2 amide bonds. The minimum atomic E-state index is -0.461. The molecule has 2 fully saturated rings. The fraction of sp³-hybridized carbons (Fsp3) is 0.529. The smallest absolute Gasteiger partial charge is 0.410 e. The van der Waals surface area contributed by atoms with Crippen LogP contribution >= 0.6 is 0 Å². The highest BCUT2D eigenvalue weighted by molar-refractivity contribution is 5.94. The van der Waals surface area contributed by atoms with Gasteiger partial charge in [-0.1, -0.05) is 0 Å². The molecule has 0 radical (unpaired) electrons. The Labute approximate surface area is 145 Å². The van der Waals surface area contributed by atoms with Gasteiger partial charge in [0.05, 0.1) is 12.2 Å². The minimum Gasteiger partial charge on any atom is -0.441 e. The van der Waals surface area contributed by atoms with Gasteiger partial charge >= 0.3 is 6.09 Å². The van der Waals surface area contributed by atoms with Gasteiger partial charge in [-0.05, 0) is 25.8 Å². The number of carbonyl (C=O) groups is 2. The van der Waals surface area contributed by atoms with Gasteiger partial charge in [0.1, 0.15) is 11.3 Å². The van der Waals surface area contributed by atoms with E-state index in [1.54, 1.807) is 28.6 Å². The third-order valence-electron chi connectivity index (χ3n) is 5.11. The Balaban J connectivity index is 1.57. The Hall–Kier alpha value is -2.64. The first kappa shape index (κ1) is 15.9. The van der Waals surface area contributed by atoms with Crippen LogP contribution in [-0.4, -0.2) is 68.5 Å². The second kappa shape index (κ2) is 5.72.